The number of carbonyl (C=O) groups is 1. The summed E-state index contributed by atoms with van der Waals surface area (Å²) in [4.78, 5) is 27.9. The second kappa shape index (κ2) is 9.91. The molecule has 1 N–H and O–H groups in total. The smallest absolute Gasteiger partial charge is 0.257 e. The summed E-state index contributed by atoms with van der Waals surface area (Å²) in [7, 11) is 4.03. The van der Waals surface area contributed by atoms with Gasteiger partial charge in [0.25, 0.3) is 5.91 Å². The topological polar surface area (TPSA) is 64.6 Å². The number of nitrogens with zero attached hydrogens (tertiary/aromatic N) is 5. The molecule has 172 valence electrons. The largest absolute Gasteiger partial charge is 0.353 e. The lowest BCUT2D eigenvalue weighted by molar-refractivity contribution is 0.0747. The number of carbonyl (C=O) groups excluding carboxylic acids is 1. The van der Waals surface area contributed by atoms with Crippen molar-refractivity contribution in [2.45, 2.75) is 6.54 Å². The maximum atomic E-state index is 14.1. The lowest BCUT2D eigenvalue weighted by Gasteiger charge is -2.35. The average Bonchev–Trinajstić information content (AvgIpc) is 2.82. The van der Waals surface area contributed by atoms with Crippen LogP contribution in [0.4, 0.5) is 26.1 Å². The van der Waals surface area contributed by atoms with Crippen molar-refractivity contribution >= 4 is 23.2 Å². The summed E-state index contributed by atoms with van der Waals surface area (Å²) in [6.07, 6.45) is 3.38. The maximum absolute atomic E-state index is 14.1. The molecule has 0 bridgehead atoms. The number of hydrogen-bond acceptors (Lipinski definition) is 6. The summed E-state index contributed by atoms with van der Waals surface area (Å²) in [5.41, 5.74) is 1.38. The number of benzene rings is 1. The first-order chi connectivity index (χ1) is 15.9. The lowest BCUT2D eigenvalue weighted by Crippen LogP contribution is -2.49. The van der Waals surface area contributed by atoms with Gasteiger partial charge in [-0.3, -0.25) is 4.79 Å². The molecular weight excluding hydrogens is 426 g/mol. The van der Waals surface area contributed by atoms with Gasteiger partial charge in [0.1, 0.15) is 23.3 Å². The number of anilines is 3. The molecule has 33 heavy (non-hydrogen) atoms. The normalized spacial score (nSPS) is 14.0. The van der Waals surface area contributed by atoms with Crippen molar-refractivity contribution in [1.82, 2.24) is 19.8 Å². The molecule has 0 spiro atoms. The van der Waals surface area contributed by atoms with Crippen LogP contribution in [0.15, 0.2) is 54.9 Å². The Labute approximate surface area is 191 Å². The van der Waals surface area contributed by atoms with Gasteiger partial charge in [-0.2, -0.15) is 0 Å². The Morgan fingerprint density at radius 1 is 1.06 bits per heavy atom. The Bertz CT molecular complexity index is 1110. The number of hydrogen-bond donors (Lipinski definition) is 1. The number of amides is 1. The molecule has 1 saturated heterocycles. The van der Waals surface area contributed by atoms with Crippen LogP contribution in [0.25, 0.3) is 0 Å². The van der Waals surface area contributed by atoms with E-state index < -0.39 is 11.6 Å². The number of halogens is 2. The van der Waals surface area contributed by atoms with E-state index >= 15 is 0 Å². The van der Waals surface area contributed by atoms with Crippen molar-refractivity contribution in [3.8, 4) is 0 Å². The number of aromatic nitrogens is 2. The third-order valence-electron chi connectivity index (χ3n) is 5.42. The molecule has 0 aliphatic carbocycles. The van der Waals surface area contributed by atoms with Crippen LogP contribution in [-0.2, 0) is 6.54 Å². The molecule has 3 aromatic rings. The van der Waals surface area contributed by atoms with E-state index in [0.29, 0.717) is 31.7 Å². The zero-order chi connectivity index (χ0) is 23.4. The molecule has 4 rings (SSSR count). The van der Waals surface area contributed by atoms with E-state index in [-0.39, 0.29) is 17.4 Å². The van der Waals surface area contributed by atoms with Crippen LogP contribution in [0, 0.1) is 11.6 Å². The standard InChI is InChI=1S/C24H26F2N6O/c1-30(2)16-17-5-8-22(28-15-17)31-10-12-32(13-11-31)24(33)19-4-3-9-27-23(19)29-21-14-18(25)6-7-20(21)26/h3-9,14-15H,10-13,16H2,1-2H3,(H,27,29). The van der Waals surface area contributed by atoms with Gasteiger partial charge in [-0.1, -0.05) is 6.07 Å². The third kappa shape index (κ3) is 5.43. The number of piperazine rings is 1. The number of pyridine rings is 2. The summed E-state index contributed by atoms with van der Waals surface area (Å²) >= 11 is 0. The van der Waals surface area contributed by atoms with Crippen molar-refractivity contribution in [3.05, 3.63) is 77.6 Å². The lowest BCUT2D eigenvalue weighted by atomic mass is 10.2. The monoisotopic (exact) mass is 452 g/mol. The molecule has 1 aromatic carbocycles. The Balaban J connectivity index is 1.42. The van der Waals surface area contributed by atoms with Gasteiger partial charge < -0.3 is 20.0 Å². The van der Waals surface area contributed by atoms with E-state index in [2.05, 4.69) is 31.2 Å². The fourth-order valence-electron chi connectivity index (χ4n) is 3.77. The molecule has 1 aliphatic rings. The molecule has 2 aromatic heterocycles. The minimum atomic E-state index is -0.627. The Morgan fingerprint density at radius 3 is 2.55 bits per heavy atom. The quantitative estimate of drug-likeness (QED) is 0.618. The van der Waals surface area contributed by atoms with Crippen LogP contribution in [0.1, 0.15) is 15.9 Å². The van der Waals surface area contributed by atoms with Gasteiger partial charge in [-0.05, 0) is 50.0 Å². The van der Waals surface area contributed by atoms with E-state index in [1.807, 2.05) is 26.4 Å². The van der Waals surface area contributed by atoms with Crippen LogP contribution in [0.5, 0.6) is 0 Å². The van der Waals surface area contributed by atoms with Gasteiger partial charge in [-0.15, -0.1) is 0 Å². The molecule has 0 radical (unpaired) electrons. The number of rotatable bonds is 6. The summed E-state index contributed by atoms with van der Waals surface area (Å²) in [5, 5.41) is 2.76. The van der Waals surface area contributed by atoms with Crippen molar-refractivity contribution in [2.75, 3.05) is 50.5 Å². The fraction of sp³-hybridized carbons (Fsp3) is 0.292. The molecular formula is C24H26F2N6O. The maximum Gasteiger partial charge on any atom is 0.257 e. The van der Waals surface area contributed by atoms with Gasteiger partial charge in [0.05, 0.1) is 11.3 Å². The molecule has 0 unspecified atom stereocenters. The minimum Gasteiger partial charge on any atom is -0.353 e. The Kier molecular flexibility index (Phi) is 6.79. The van der Waals surface area contributed by atoms with Gasteiger partial charge in [0, 0.05) is 51.2 Å². The van der Waals surface area contributed by atoms with E-state index in [9.17, 15) is 13.6 Å². The Morgan fingerprint density at radius 2 is 1.85 bits per heavy atom. The van der Waals surface area contributed by atoms with Crippen molar-refractivity contribution in [3.63, 3.8) is 0 Å². The molecule has 3 heterocycles. The molecule has 7 nitrogen and oxygen atoms in total. The van der Waals surface area contributed by atoms with Gasteiger partial charge in [0.15, 0.2) is 0 Å². The first-order valence-electron chi connectivity index (χ1n) is 10.7. The van der Waals surface area contributed by atoms with Gasteiger partial charge >= 0.3 is 0 Å². The second-order valence-electron chi connectivity index (χ2n) is 8.19. The first kappa shape index (κ1) is 22.6. The van der Waals surface area contributed by atoms with E-state index in [1.165, 1.54) is 6.20 Å². The van der Waals surface area contributed by atoms with E-state index in [0.717, 1.165) is 36.1 Å². The summed E-state index contributed by atoms with van der Waals surface area (Å²) in [6.45, 7) is 3.16. The van der Waals surface area contributed by atoms with Gasteiger partial charge in [0.2, 0.25) is 0 Å². The van der Waals surface area contributed by atoms with Crippen molar-refractivity contribution in [2.24, 2.45) is 0 Å². The molecule has 0 atom stereocenters. The molecule has 0 saturated carbocycles. The molecule has 1 aliphatic heterocycles. The third-order valence-corrected chi connectivity index (χ3v) is 5.42. The van der Waals surface area contributed by atoms with E-state index in [1.54, 1.807) is 17.0 Å². The fourth-order valence-corrected chi connectivity index (χ4v) is 3.77. The predicted octanol–water partition coefficient (Wildman–Crippen LogP) is 3.52. The first-order valence-corrected chi connectivity index (χ1v) is 10.7. The highest BCUT2D eigenvalue weighted by molar-refractivity contribution is 5.99. The molecule has 9 heteroatoms. The molecule has 1 fully saturated rings. The highest BCUT2D eigenvalue weighted by Gasteiger charge is 2.25. The second-order valence-corrected chi connectivity index (χ2v) is 8.19. The van der Waals surface area contributed by atoms with Crippen LogP contribution in [-0.4, -0.2) is 65.9 Å². The van der Waals surface area contributed by atoms with Gasteiger partial charge in [-0.25, -0.2) is 18.7 Å². The van der Waals surface area contributed by atoms with E-state index in [4.69, 9.17) is 0 Å². The highest BCUT2D eigenvalue weighted by atomic mass is 19.1. The zero-order valence-electron chi connectivity index (χ0n) is 18.6. The Hall–Kier alpha value is -3.59. The zero-order valence-corrected chi connectivity index (χ0v) is 18.6. The number of nitrogens with one attached hydrogen (secondary N) is 1. The SMILES string of the molecule is CN(C)Cc1ccc(N2CCN(C(=O)c3cccnc3Nc3cc(F)ccc3F)CC2)nc1. The summed E-state index contributed by atoms with van der Waals surface area (Å²) < 4.78 is 27.6. The summed E-state index contributed by atoms with van der Waals surface area (Å²) in [5.74, 6) is -0.348. The predicted molar refractivity (Wildman–Crippen MR) is 124 cm³/mol. The highest BCUT2D eigenvalue weighted by Crippen LogP contribution is 2.24. The van der Waals surface area contributed by atoms with Crippen molar-refractivity contribution in [1.29, 1.82) is 0 Å². The average molecular weight is 453 g/mol. The molecule has 1 amide bonds. The minimum absolute atomic E-state index is 0.0728. The van der Waals surface area contributed by atoms with Crippen LogP contribution in [0.2, 0.25) is 0 Å². The van der Waals surface area contributed by atoms with Crippen LogP contribution < -0.4 is 10.2 Å². The van der Waals surface area contributed by atoms with Crippen LogP contribution in [0.3, 0.4) is 0 Å². The van der Waals surface area contributed by atoms with Crippen molar-refractivity contribution < 1.29 is 13.6 Å². The van der Waals surface area contributed by atoms with Crippen LogP contribution >= 0.6 is 0 Å². The summed E-state index contributed by atoms with van der Waals surface area (Å²) in [6, 6.07) is 10.5.